The van der Waals surface area contributed by atoms with E-state index < -0.39 is 54.5 Å². The van der Waals surface area contributed by atoms with Crippen LogP contribution in [0.3, 0.4) is 0 Å². The van der Waals surface area contributed by atoms with Gasteiger partial charge in [-0.15, -0.1) is 0 Å². The first kappa shape index (κ1) is 28.9. The zero-order chi connectivity index (χ0) is 28.7. The lowest BCUT2D eigenvalue weighted by Gasteiger charge is -2.29. The maximum atomic E-state index is 15.6. The van der Waals surface area contributed by atoms with Crippen molar-refractivity contribution >= 4 is 41.5 Å². The number of hydrogen-bond donors (Lipinski definition) is 3. The predicted molar refractivity (Wildman–Crippen MR) is 141 cm³/mol. The molecule has 3 aromatic carbocycles. The van der Waals surface area contributed by atoms with Gasteiger partial charge in [-0.05, 0) is 55.6 Å². The van der Waals surface area contributed by atoms with Crippen molar-refractivity contribution in [1.82, 2.24) is 5.32 Å². The van der Waals surface area contributed by atoms with Gasteiger partial charge in [-0.1, -0.05) is 35.9 Å². The molecule has 1 fully saturated rings. The molecular weight excluding hydrogens is 564 g/mol. The van der Waals surface area contributed by atoms with Crippen LogP contribution >= 0.6 is 18.7 Å². The fourth-order valence-corrected chi connectivity index (χ4v) is 5.94. The fraction of sp³-hybridized carbons (Fsp3) is 0.269. The Morgan fingerprint density at radius 1 is 1.08 bits per heavy atom. The molecule has 2 atom stereocenters. The molecule has 1 aliphatic heterocycles. The molecule has 3 N–H and O–H groups in total. The highest BCUT2D eigenvalue weighted by molar-refractivity contribution is 7.70. The molecule has 0 saturated carbocycles. The third-order valence-electron chi connectivity index (χ3n) is 6.34. The highest BCUT2D eigenvalue weighted by Crippen LogP contribution is 2.45. The summed E-state index contributed by atoms with van der Waals surface area (Å²) in [6.45, 7) is 2.74. The van der Waals surface area contributed by atoms with Crippen LogP contribution in [0.25, 0.3) is 11.1 Å². The van der Waals surface area contributed by atoms with Crippen molar-refractivity contribution in [2.45, 2.75) is 24.9 Å². The Hall–Kier alpha value is -3.14. The van der Waals surface area contributed by atoms with Gasteiger partial charge in [0.2, 0.25) is 0 Å². The lowest BCUT2D eigenvalue weighted by molar-refractivity contribution is -0.139. The number of aliphatic hydroxyl groups is 1. The number of urea groups is 1. The summed E-state index contributed by atoms with van der Waals surface area (Å²) in [6, 6.07) is 9.77. The van der Waals surface area contributed by atoms with Crippen LogP contribution in [-0.4, -0.2) is 43.3 Å². The number of aliphatic hydroxyl groups excluding tert-OH is 1. The second-order valence-electron chi connectivity index (χ2n) is 9.41. The highest BCUT2D eigenvalue weighted by Gasteiger charge is 2.43. The van der Waals surface area contributed by atoms with Crippen molar-refractivity contribution in [1.29, 1.82) is 0 Å². The molecule has 0 radical (unpaired) electrons. The molecule has 1 heterocycles. The lowest BCUT2D eigenvalue weighted by atomic mass is 9.99. The smallest absolute Gasteiger partial charge is 0.371 e. The van der Waals surface area contributed by atoms with Crippen molar-refractivity contribution in [3.8, 4) is 11.1 Å². The molecule has 4 rings (SSSR count). The molecule has 13 heteroatoms. The number of rotatable bonds is 5. The predicted octanol–water partition coefficient (Wildman–Crippen LogP) is 6.27. The maximum absolute atomic E-state index is 15.6. The van der Waals surface area contributed by atoms with Crippen LogP contribution in [0.2, 0.25) is 5.02 Å². The van der Waals surface area contributed by atoms with Gasteiger partial charge in [0.25, 0.3) is 0 Å². The fourth-order valence-electron chi connectivity index (χ4n) is 4.56. The number of nitrogens with zero attached hydrogens (tertiary/aromatic N) is 1. The number of carbonyl (C=O) groups is 1. The van der Waals surface area contributed by atoms with Crippen LogP contribution in [-0.2, 0) is 10.7 Å². The van der Waals surface area contributed by atoms with Crippen LogP contribution < -0.4 is 20.8 Å². The molecule has 0 bridgehead atoms. The molecule has 1 unspecified atom stereocenters. The van der Waals surface area contributed by atoms with Gasteiger partial charge in [0.1, 0.15) is 30.6 Å². The summed E-state index contributed by atoms with van der Waals surface area (Å²) in [5.74, 6) is -2.37. The Bertz CT molecular complexity index is 1460. The summed E-state index contributed by atoms with van der Waals surface area (Å²) in [4.78, 5) is 13.3. The second kappa shape index (κ2) is 10.8. The first-order valence-electron chi connectivity index (χ1n) is 11.7. The summed E-state index contributed by atoms with van der Waals surface area (Å²) in [7, 11) is -2.97. The van der Waals surface area contributed by atoms with Crippen molar-refractivity contribution < 1.29 is 36.4 Å². The number of hydrogen-bond acceptors (Lipinski definition) is 4. The van der Waals surface area contributed by atoms with E-state index >= 15 is 4.39 Å². The SMILES string of the molecule is CP(C)(=O)c1ccccc1-c1ccc(N2CC[C@@H](NC(=O)Nc3ccc(Cl)cc3F)C2O)c(C(F)(F)F)c1F. The minimum atomic E-state index is -5.14. The van der Waals surface area contributed by atoms with E-state index in [9.17, 15) is 32.0 Å². The van der Waals surface area contributed by atoms with Gasteiger partial charge in [0.15, 0.2) is 0 Å². The van der Waals surface area contributed by atoms with Crippen LogP contribution in [0.15, 0.2) is 54.6 Å². The second-order valence-corrected chi connectivity index (χ2v) is 13.0. The zero-order valence-corrected chi connectivity index (χ0v) is 22.3. The zero-order valence-electron chi connectivity index (χ0n) is 20.7. The first-order chi connectivity index (χ1) is 18.2. The van der Waals surface area contributed by atoms with Gasteiger partial charge >= 0.3 is 12.2 Å². The third-order valence-corrected chi connectivity index (χ3v) is 8.13. The monoisotopic (exact) mass is 587 g/mol. The average Bonchev–Trinajstić information content (AvgIpc) is 3.19. The minimum absolute atomic E-state index is 0.0238. The highest BCUT2D eigenvalue weighted by atomic mass is 35.5. The minimum Gasteiger partial charge on any atom is -0.371 e. The number of halogens is 6. The molecule has 1 saturated heterocycles. The van der Waals surface area contributed by atoms with E-state index in [0.29, 0.717) is 0 Å². The van der Waals surface area contributed by atoms with Gasteiger partial charge in [0.05, 0.1) is 17.4 Å². The molecule has 0 aromatic heterocycles. The Morgan fingerprint density at radius 3 is 2.41 bits per heavy atom. The van der Waals surface area contributed by atoms with Crippen molar-refractivity contribution in [3.05, 3.63) is 76.8 Å². The van der Waals surface area contributed by atoms with E-state index in [-0.39, 0.29) is 40.1 Å². The van der Waals surface area contributed by atoms with Gasteiger partial charge < -0.3 is 25.2 Å². The van der Waals surface area contributed by atoms with E-state index in [4.69, 9.17) is 11.6 Å². The molecule has 0 aliphatic carbocycles. The van der Waals surface area contributed by atoms with Gasteiger partial charge in [-0.2, -0.15) is 13.2 Å². The number of anilines is 2. The van der Waals surface area contributed by atoms with E-state index in [1.165, 1.54) is 43.7 Å². The van der Waals surface area contributed by atoms with Crippen LogP contribution in [0.5, 0.6) is 0 Å². The van der Waals surface area contributed by atoms with Gasteiger partial charge in [-0.25, -0.2) is 13.6 Å². The van der Waals surface area contributed by atoms with E-state index in [0.717, 1.165) is 23.1 Å². The Morgan fingerprint density at radius 2 is 1.77 bits per heavy atom. The number of alkyl halides is 3. The van der Waals surface area contributed by atoms with Crippen molar-refractivity contribution in [2.75, 3.05) is 30.1 Å². The number of nitrogens with one attached hydrogen (secondary N) is 2. The first-order valence-corrected chi connectivity index (χ1v) is 14.7. The quantitative estimate of drug-likeness (QED) is 0.243. The molecule has 39 heavy (non-hydrogen) atoms. The number of benzene rings is 3. The summed E-state index contributed by atoms with van der Waals surface area (Å²) in [5, 5.41) is 15.8. The lowest BCUT2D eigenvalue weighted by Crippen LogP contribution is -2.46. The standard InChI is InChI=1S/C26H24ClF5N3O3P/c1-39(2,38)21-6-4-3-5-15(21)16-8-10-20(22(23(16)29)26(30,31)32)35-12-11-19(24(35)36)34-25(37)33-18-9-7-14(27)13-17(18)28/h3-10,13,19,24,36H,11-12H2,1-2H3,(H2,33,34,37)/t19-,24?/m1/s1. The van der Waals surface area contributed by atoms with Gasteiger partial charge in [-0.3, -0.25) is 0 Å². The molecule has 0 spiro atoms. The number of carbonyl (C=O) groups excluding carboxylic acids is 1. The summed E-state index contributed by atoms with van der Waals surface area (Å²) in [6.07, 6.45) is -6.76. The molecule has 2 amide bonds. The Labute approximate surface area is 226 Å². The van der Waals surface area contributed by atoms with Crippen LogP contribution in [0, 0.1) is 11.6 Å². The molecule has 1 aliphatic rings. The largest absolute Gasteiger partial charge is 0.421 e. The summed E-state index contributed by atoms with van der Waals surface area (Å²) < 4.78 is 85.0. The van der Waals surface area contributed by atoms with E-state index in [1.807, 2.05) is 0 Å². The maximum Gasteiger partial charge on any atom is 0.421 e. The molecule has 208 valence electrons. The van der Waals surface area contributed by atoms with Crippen molar-refractivity contribution in [3.63, 3.8) is 0 Å². The molecular formula is C26H24ClF5N3O3P. The topological polar surface area (TPSA) is 81.7 Å². The normalized spacial score (nSPS) is 17.8. The third kappa shape index (κ3) is 6.05. The summed E-state index contributed by atoms with van der Waals surface area (Å²) >= 11 is 5.69. The molecule has 6 nitrogen and oxygen atoms in total. The number of amides is 2. The van der Waals surface area contributed by atoms with Crippen molar-refractivity contribution in [2.24, 2.45) is 0 Å². The average molecular weight is 588 g/mol. The van der Waals surface area contributed by atoms with E-state index in [2.05, 4.69) is 10.6 Å². The molecule has 3 aromatic rings. The van der Waals surface area contributed by atoms with Gasteiger partial charge in [0, 0.05) is 22.4 Å². The Balaban J connectivity index is 1.63. The Kier molecular flexibility index (Phi) is 7.98. The van der Waals surface area contributed by atoms with Crippen LogP contribution in [0.4, 0.5) is 38.1 Å². The van der Waals surface area contributed by atoms with E-state index in [1.54, 1.807) is 6.07 Å². The van der Waals surface area contributed by atoms with Crippen LogP contribution in [0.1, 0.15) is 12.0 Å². The summed E-state index contributed by atoms with van der Waals surface area (Å²) in [5.41, 5.74) is -2.70.